The minimum Gasteiger partial charge on any atom is -0.332 e. The van der Waals surface area contributed by atoms with Crippen molar-refractivity contribution < 1.29 is 0 Å². The van der Waals surface area contributed by atoms with Crippen molar-refractivity contribution in [3.8, 4) is 0 Å². The minimum atomic E-state index is -1.86. The smallest absolute Gasteiger partial charge is 0.230 e. The van der Waals surface area contributed by atoms with Gasteiger partial charge >= 0.3 is 0 Å². The lowest BCUT2D eigenvalue weighted by Crippen LogP contribution is -2.54. The van der Waals surface area contributed by atoms with E-state index in [9.17, 15) is 0 Å². The molecule has 1 aliphatic rings. The number of hydrazone groups is 1. The molecular formula is C8H12Cl5N3. The second-order valence-corrected chi connectivity index (χ2v) is 8.03. The van der Waals surface area contributed by atoms with Crippen LogP contribution >= 0.6 is 58.0 Å². The third-order valence-electron chi connectivity index (χ3n) is 2.12. The topological polar surface area (TPSA) is 27.6 Å². The Morgan fingerprint density at radius 2 is 1.62 bits per heavy atom. The molecule has 0 unspecified atom stereocenters. The lowest BCUT2D eigenvalue weighted by molar-refractivity contribution is 0.239. The Bertz CT molecular complexity index is 302. The summed E-state index contributed by atoms with van der Waals surface area (Å²) < 4.78 is -3.56. The van der Waals surface area contributed by atoms with Crippen LogP contribution < -0.4 is 5.43 Å². The van der Waals surface area contributed by atoms with Crippen LogP contribution in [0.5, 0.6) is 0 Å². The first-order chi connectivity index (χ1) is 6.98. The number of alkyl halides is 5. The molecule has 1 N–H and O–H groups in total. The second-order valence-electron chi connectivity index (χ2n) is 4.42. The summed E-state index contributed by atoms with van der Waals surface area (Å²) in [4.78, 5) is 1.84. The number of nitrogens with one attached hydrogen (secondary N) is 1. The molecule has 0 atom stereocenters. The predicted octanol–water partition coefficient (Wildman–Crippen LogP) is 3.51. The van der Waals surface area contributed by atoms with Crippen LogP contribution in [0.4, 0.5) is 0 Å². The van der Waals surface area contributed by atoms with Gasteiger partial charge in [-0.2, -0.15) is 5.10 Å². The van der Waals surface area contributed by atoms with E-state index in [1.165, 1.54) is 0 Å². The number of hydrogen-bond acceptors (Lipinski definition) is 3. The number of nitrogens with zero attached hydrogens (tertiary/aromatic N) is 2. The fourth-order valence-electron chi connectivity index (χ4n) is 1.24. The van der Waals surface area contributed by atoms with Crippen molar-refractivity contribution in [1.82, 2.24) is 10.3 Å². The average molecular weight is 327 g/mol. The fraction of sp³-hybridized carbons (Fsp3) is 0.875. The van der Waals surface area contributed by atoms with Crippen molar-refractivity contribution in [3.63, 3.8) is 0 Å². The van der Waals surface area contributed by atoms with Crippen molar-refractivity contribution >= 4 is 63.8 Å². The van der Waals surface area contributed by atoms with Gasteiger partial charge in [-0.25, -0.2) is 0 Å². The lowest BCUT2D eigenvalue weighted by Gasteiger charge is -2.39. The Hall–Kier alpha value is 0.720. The van der Waals surface area contributed by atoms with Crippen molar-refractivity contribution in [2.45, 2.75) is 34.4 Å². The van der Waals surface area contributed by atoms with E-state index >= 15 is 0 Å². The second kappa shape index (κ2) is 4.43. The molecule has 1 aliphatic heterocycles. The van der Waals surface area contributed by atoms with Gasteiger partial charge in [-0.15, -0.1) is 0 Å². The van der Waals surface area contributed by atoms with Gasteiger partial charge in [0.05, 0.1) is 0 Å². The first-order valence-electron chi connectivity index (χ1n) is 4.51. The van der Waals surface area contributed by atoms with Crippen LogP contribution in [-0.4, -0.2) is 31.1 Å². The van der Waals surface area contributed by atoms with Crippen LogP contribution in [0.3, 0.4) is 0 Å². The van der Waals surface area contributed by atoms with Gasteiger partial charge in [0.25, 0.3) is 0 Å². The number of rotatable bonds is 1. The summed E-state index contributed by atoms with van der Waals surface area (Å²) in [6.07, 6.45) is 0. The molecule has 0 radical (unpaired) electrons. The third kappa shape index (κ3) is 2.75. The maximum Gasteiger partial charge on any atom is 0.230 e. The van der Waals surface area contributed by atoms with Crippen molar-refractivity contribution in [2.75, 3.05) is 6.67 Å². The molecule has 0 aliphatic carbocycles. The standard InChI is InChI=1S/C8H12Cl5N3/c1-6(2,3)16-4-14-15-5(16)7(9,10)8(11,12)13/h14H,4H2,1-3H3. The van der Waals surface area contributed by atoms with E-state index in [1.54, 1.807) is 0 Å². The zero-order valence-corrected chi connectivity index (χ0v) is 12.8. The van der Waals surface area contributed by atoms with Gasteiger partial charge in [0, 0.05) is 5.54 Å². The van der Waals surface area contributed by atoms with E-state index in [0.29, 0.717) is 12.5 Å². The van der Waals surface area contributed by atoms with E-state index < -0.39 is 8.13 Å². The van der Waals surface area contributed by atoms with Crippen LogP contribution in [-0.2, 0) is 0 Å². The first-order valence-corrected chi connectivity index (χ1v) is 6.40. The van der Waals surface area contributed by atoms with Crippen LogP contribution in [0.1, 0.15) is 20.8 Å². The molecule has 1 heterocycles. The molecule has 0 aromatic heterocycles. The predicted molar refractivity (Wildman–Crippen MR) is 71.8 cm³/mol. The summed E-state index contributed by atoms with van der Waals surface area (Å²) in [5.41, 5.74) is 2.55. The van der Waals surface area contributed by atoms with E-state index in [2.05, 4.69) is 10.5 Å². The van der Waals surface area contributed by atoms with Gasteiger partial charge in [0.2, 0.25) is 8.13 Å². The highest BCUT2D eigenvalue weighted by Crippen LogP contribution is 2.48. The van der Waals surface area contributed by atoms with Crippen molar-refractivity contribution in [2.24, 2.45) is 5.10 Å². The fourth-order valence-corrected chi connectivity index (χ4v) is 1.78. The maximum atomic E-state index is 6.08. The Morgan fingerprint density at radius 3 is 2.00 bits per heavy atom. The summed E-state index contributed by atoms with van der Waals surface area (Å²) in [7, 11) is 0. The summed E-state index contributed by atoms with van der Waals surface area (Å²) in [5, 5.41) is 4.00. The quantitative estimate of drug-likeness (QED) is 0.747. The molecule has 94 valence electrons. The Labute approximate surface area is 120 Å². The van der Waals surface area contributed by atoms with Gasteiger partial charge in [-0.1, -0.05) is 58.0 Å². The summed E-state index contributed by atoms with van der Waals surface area (Å²) in [6, 6.07) is 0. The Morgan fingerprint density at radius 1 is 1.12 bits per heavy atom. The van der Waals surface area contributed by atoms with Crippen LogP contribution in [0.25, 0.3) is 0 Å². The van der Waals surface area contributed by atoms with E-state index in [-0.39, 0.29) is 5.54 Å². The molecule has 3 nitrogen and oxygen atoms in total. The Kier molecular flexibility index (Phi) is 4.09. The van der Waals surface area contributed by atoms with Gasteiger partial charge in [0.1, 0.15) is 6.67 Å². The molecule has 0 aromatic rings. The molecular weight excluding hydrogens is 315 g/mol. The molecule has 1 rings (SSSR count). The van der Waals surface area contributed by atoms with Crippen molar-refractivity contribution in [3.05, 3.63) is 0 Å². The zero-order valence-electron chi connectivity index (χ0n) is 8.99. The maximum absolute atomic E-state index is 6.08. The van der Waals surface area contributed by atoms with E-state index in [0.717, 1.165) is 0 Å². The summed E-state index contributed by atoms with van der Waals surface area (Å²) in [5.74, 6) is 0.309. The Balaban J connectivity index is 3.05. The largest absolute Gasteiger partial charge is 0.332 e. The molecule has 0 spiro atoms. The monoisotopic (exact) mass is 325 g/mol. The summed E-state index contributed by atoms with van der Waals surface area (Å²) >= 11 is 29.4. The highest BCUT2D eigenvalue weighted by molar-refractivity contribution is 6.79. The van der Waals surface area contributed by atoms with Crippen LogP contribution in [0.15, 0.2) is 5.10 Å². The SMILES string of the molecule is CC(C)(C)N1CNN=C1C(Cl)(Cl)C(Cl)(Cl)Cl. The molecule has 16 heavy (non-hydrogen) atoms. The van der Waals surface area contributed by atoms with Gasteiger partial charge in [0.15, 0.2) is 5.84 Å². The van der Waals surface area contributed by atoms with E-state index in [1.807, 2.05) is 25.7 Å². The molecule has 8 heteroatoms. The normalized spacial score (nSPS) is 18.5. The highest BCUT2D eigenvalue weighted by Gasteiger charge is 2.54. The molecule has 0 bridgehead atoms. The molecule has 0 aromatic carbocycles. The zero-order chi connectivity index (χ0) is 12.8. The average Bonchev–Trinajstić information content (AvgIpc) is 2.47. The summed E-state index contributed by atoms with van der Waals surface area (Å²) in [6.45, 7) is 6.42. The molecule has 0 fully saturated rings. The molecule has 0 amide bonds. The minimum absolute atomic E-state index is 0.229. The lowest BCUT2D eigenvalue weighted by atomic mass is 10.1. The number of halogens is 5. The number of amidine groups is 1. The first kappa shape index (κ1) is 14.8. The molecule has 0 saturated heterocycles. The molecule has 0 saturated carbocycles. The van der Waals surface area contributed by atoms with Crippen LogP contribution in [0, 0.1) is 0 Å². The number of hydrogen-bond donors (Lipinski definition) is 1. The highest BCUT2D eigenvalue weighted by atomic mass is 35.6. The van der Waals surface area contributed by atoms with Gasteiger partial charge in [-0.05, 0) is 20.8 Å². The van der Waals surface area contributed by atoms with Gasteiger partial charge < -0.3 is 4.90 Å². The van der Waals surface area contributed by atoms with Gasteiger partial charge in [-0.3, -0.25) is 5.43 Å². The van der Waals surface area contributed by atoms with Crippen LogP contribution in [0.2, 0.25) is 0 Å². The van der Waals surface area contributed by atoms with E-state index in [4.69, 9.17) is 58.0 Å². The third-order valence-corrected chi connectivity index (χ3v) is 4.45. The van der Waals surface area contributed by atoms with Crippen molar-refractivity contribution in [1.29, 1.82) is 0 Å².